The first-order valence-electron chi connectivity index (χ1n) is 11.8. The lowest BCUT2D eigenvalue weighted by atomic mass is 10.2. The fourth-order valence-corrected chi connectivity index (χ4v) is 5.61. The second-order valence-electron chi connectivity index (χ2n) is 8.52. The molecule has 1 aliphatic rings. The molecule has 0 saturated carbocycles. The molecule has 0 spiro atoms. The van der Waals surface area contributed by atoms with Crippen LogP contribution in [0.2, 0.25) is 0 Å². The van der Waals surface area contributed by atoms with Gasteiger partial charge in [0, 0.05) is 4.47 Å². The third-order valence-electron chi connectivity index (χ3n) is 5.94. The van der Waals surface area contributed by atoms with Gasteiger partial charge in [0.05, 0.1) is 28.6 Å². The molecule has 0 unspecified atom stereocenters. The molecule has 1 aromatic heterocycles. The zero-order valence-electron chi connectivity index (χ0n) is 20.9. The van der Waals surface area contributed by atoms with Crippen LogP contribution in [0.3, 0.4) is 0 Å². The van der Waals surface area contributed by atoms with Gasteiger partial charge >= 0.3 is 5.97 Å². The van der Waals surface area contributed by atoms with E-state index in [0.29, 0.717) is 44.4 Å². The number of fused-ring (bicyclic) bond motifs is 1. The number of thioether (sulfide) groups is 1. The van der Waals surface area contributed by atoms with Crippen LogP contribution >= 0.6 is 39.9 Å². The highest BCUT2D eigenvalue weighted by Crippen LogP contribution is 2.35. The van der Waals surface area contributed by atoms with Gasteiger partial charge in [-0.25, -0.2) is 4.98 Å². The molecule has 1 amide bonds. The molecule has 1 saturated heterocycles. The van der Waals surface area contributed by atoms with E-state index in [1.165, 1.54) is 11.7 Å². The summed E-state index contributed by atoms with van der Waals surface area (Å²) in [6.07, 6.45) is 1.61. The summed E-state index contributed by atoms with van der Waals surface area (Å²) in [4.78, 5) is 43.2. The van der Waals surface area contributed by atoms with Crippen molar-refractivity contribution in [3.8, 4) is 17.2 Å². The van der Waals surface area contributed by atoms with Crippen LogP contribution in [0.4, 0.5) is 0 Å². The smallest absolute Gasteiger partial charge is 0.323 e. The van der Waals surface area contributed by atoms with E-state index >= 15 is 0 Å². The Morgan fingerprint density at radius 1 is 1.10 bits per heavy atom. The summed E-state index contributed by atoms with van der Waals surface area (Å²) in [6.45, 7) is -0.522. The van der Waals surface area contributed by atoms with Crippen molar-refractivity contribution < 1.29 is 24.2 Å². The number of thiocarbonyl (C=S) groups is 1. The van der Waals surface area contributed by atoms with Gasteiger partial charge in [0.2, 0.25) is 0 Å². The van der Waals surface area contributed by atoms with Gasteiger partial charge in [-0.3, -0.25) is 23.9 Å². The largest absolute Gasteiger partial charge is 0.493 e. The number of benzene rings is 3. The van der Waals surface area contributed by atoms with Crippen LogP contribution in [-0.4, -0.2) is 49.4 Å². The van der Waals surface area contributed by atoms with Gasteiger partial charge < -0.3 is 14.6 Å². The number of methoxy groups -OCH3 is 1. The lowest BCUT2D eigenvalue weighted by Crippen LogP contribution is -2.33. The van der Waals surface area contributed by atoms with E-state index in [1.54, 1.807) is 42.5 Å². The SMILES string of the molecule is COc1cc(/C=C2/SC(=S)N(CC(=O)O)C2=O)ccc1OCc1nc2ccccc2c(=O)n1-c1ccc(Br)cc1. The lowest BCUT2D eigenvalue weighted by Gasteiger charge is -2.16. The number of para-hydroxylation sites is 1. The van der Waals surface area contributed by atoms with E-state index in [2.05, 4.69) is 15.9 Å². The van der Waals surface area contributed by atoms with Gasteiger partial charge in [0.1, 0.15) is 17.5 Å². The van der Waals surface area contributed by atoms with Gasteiger partial charge in [-0.2, -0.15) is 0 Å². The Morgan fingerprint density at radius 3 is 2.58 bits per heavy atom. The highest BCUT2D eigenvalue weighted by atomic mass is 79.9. The minimum Gasteiger partial charge on any atom is -0.493 e. The average molecular weight is 639 g/mol. The van der Waals surface area contributed by atoms with Gasteiger partial charge in [0.25, 0.3) is 11.5 Å². The Hall–Kier alpha value is -4.00. The van der Waals surface area contributed by atoms with E-state index in [0.717, 1.165) is 21.1 Å². The van der Waals surface area contributed by atoms with Crippen LogP contribution in [0.15, 0.2) is 80.9 Å². The number of halogens is 1. The van der Waals surface area contributed by atoms with Gasteiger partial charge in [-0.1, -0.05) is 58.1 Å². The summed E-state index contributed by atoms with van der Waals surface area (Å²) in [6, 6.07) is 19.6. The fourth-order valence-electron chi connectivity index (χ4n) is 4.09. The van der Waals surface area contributed by atoms with Gasteiger partial charge in [0.15, 0.2) is 17.3 Å². The number of carboxylic acid groups (broad SMARTS) is 1. The number of hydrogen-bond acceptors (Lipinski definition) is 8. The molecule has 3 aromatic carbocycles. The third-order valence-corrected chi connectivity index (χ3v) is 7.85. The first-order chi connectivity index (χ1) is 19.2. The summed E-state index contributed by atoms with van der Waals surface area (Å²) < 4.78 is 14.2. The van der Waals surface area contributed by atoms with E-state index in [4.69, 9.17) is 31.8 Å². The maximum absolute atomic E-state index is 13.5. The van der Waals surface area contributed by atoms with Crippen molar-refractivity contribution in [3.05, 3.63) is 97.8 Å². The molecule has 5 rings (SSSR count). The van der Waals surface area contributed by atoms with E-state index < -0.39 is 18.4 Å². The van der Waals surface area contributed by atoms with Crippen LogP contribution in [0.25, 0.3) is 22.7 Å². The van der Waals surface area contributed by atoms with E-state index in [1.807, 2.05) is 30.3 Å². The fraction of sp³-hybridized carbons (Fsp3) is 0.107. The zero-order chi connectivity index (χ0) is 28.4. The summed E-state index contributed by atoms with van der Waals surface area (Å²) >= 11 is 9.62. The van der Waals surface area contributed by atoms with Crippen molar-refractivity contribution >= 4 is 73.1 Å². The van der Waals surface area contributed by atoms with Crippen molar-refractivity contribution in [3.63, 3.8) is 0 Å². The Morgan fingerprint density at radius 2 is 1.85 bits per heavy atom. The molecular weight excluding hydrogens is 618 g/mol. The minimum absolute atomic E-state index is 0.0281. The molecule has 40 heavy (non-hydrogen) atoms. The molecule has 1 N–H and O–H groups in total. The summed E-state index contributed by atoms with van der Waals surface area (Å²) in [5.74, 6) is -0.410. The molecule has 0 atom stereocenters. The molecule has 1 fully saturated rings. The topological polar surface area (TPSA) is 111 Å². The van der Waals surface area contributed by atoms with Crippen molar-refractivity contribution in [1.29, 1.82) is 0 Å². The molecule has 0 radical (unpaired) electrons. The third kappa shape index (κ3) is 5.64. The van der Waals surface area contributed by atoms with E-state index in [9.17, 15) is 14.4 Å². The number of hydrogen-bond donors (Lipinski definition) is 1. The average Bonchev–Trinajstić information content (AvgIpc) is 3.20. The number of carbonyl (C=O) groups excluding carboxylic acids is 1. The van der Waals surface area contributed by atoms with Crippen molar-refractivity contribution in [2.75, 3.05) is 13.7 Å². The van der Waals surface area contributed by atoms with Crippen LogP contribution in [0.1, 0.15) is 11.4 Å². The maximum atomic E-state index is 13.5. The molecule has 202 valence electrons. The van der Waals surface area contributed by atoms with Crippen LogP contribution in [-0.2, 0) is 16.2 Å². The predicted molar refractivity (Wildman–Crippen MR) is 160 cm³/mol. The first kappa shape index (κ1) is 27.6. The van der Waals surface area contributed by atoms with Crippen LogP contribution < -0.4 is 15.0 Å². The standard InChI is InChI=1S/C28H20BrN3O6S2/c1-37-22-12-16(13-23-27(36)31(14-25(33)34)28(39)40-23)6-11-21(22)38-15-24-30-20-5-3-2-4-19(20)26(35)32(24)18-9-7-17(29)8-10-18/h2-13H,14-15H2,1H3,(H,33,34)/b23-13+. The lowest BCUT2D eigenvalue weighted by molar-refractivity contribution is -0.140. The molecule has 0 bridgehead atoms. The molecule has 1 aliphatic heterocycles. The molecule has 9 nitrogen and oxygen atoms in total. The second-order valence-corrected chi connectivity index (χ2v) is 11.1. The Bertz CT molecular complexity index is 1750. The Kier molecular flexibility index (Phi) is 8.01. The number of aromatic nitrogens is 2. The molecular formula is C28H20BrN3O6S2. The zero-order valence-corrected chi connectivity index (χ0v) is 24.1. The number of ether oxygens (including phenoxy) is 2. The monoisotopic (exact) mass is 637 g/mol. The highest BCUT2D eigenvalue weighted by molar-refractivity contribution is 9.10. The second kappa shape index (κ2) is 11.6. The summed E-state index contributed by atoms with van der Waals surface area (Å²) in [5.41, 5.74) is 1.62. The van der Waals surface area contributed by atoms with Crippen molar-refractivity contribution in [2.24, 2.45) is 0 Å². The molecule has 12 heteroatoms. The summed E-state index contributed by atoms with van der Waals surface area (Å²) in [5, 5.41) is 9.53. The Labute approximate surface area is 246 Å². The minimum atomic E-state index is -1.15. The van der Waals surface area contributed by atoms with E-state index in [-0.39, 0.29) is 16.5 Å². The van der Waals surface area contributed by atoms with Crippen molar-refractivity contribution in [1.82, 2.24) is 14.5 Å². The highest BCUT2D eigenvalue weighted by Gasteiger charge is 2.33. The normalized spacial score (nSPS) is 14.2. The number of carbonyl (C=O) groups is 2. The predicted octanol–water partition coefficient (Wildman–Crippen LogP) is 5.02. The van der Waals surface area contributed by atoms with Crippen molar-refractivity contribution in [2.45, 2.75) is 6.61 Å². The Balaban J connectivity index is 1.44. The number of rotatable bonds is 8. The maximum Gasteiger partial charge on any atom is 0.323 e. The quantitative estimate of drug-likeness (QED) is 0.210. The number of nitrogens with zero attached hydrogens (tertiary/aromatic N) is 3. The molecule has 4 aromatic rings. The first-order valence-corrected chi connectivity index (χ1v) is 13.8. The van der Waals surface area contributed by atoms with Gasteiger partial charge in [-0.05, 0) is 60.2 Å². The molecule has 0 aliphatic carbocycles. The number of aliphatic carboxylic acids is 1. The summed E-state index contributed by atoms with van der Waals surface area (Å²) in [7, 11) is 1.49. The molecule has 2 heterocycles. The van der Waals surface area contributed by atoms with Crippen LogP contribution in [0.5, 0.6) is 11.5 Å². The van der Waals surface area contributed by atoms with Crippen LogP contribution in [0, 0.1) is 0 Å². The number of carboxylic acids is 1. The van der Waals surface area contributed by atoms with Gasteiger partial charge in [-0.15, -0.1) is 0 Å². The number of amides is 1.